The van der Waals surface area contributed by atoms with Crippen molar-refractivity contribution in [2.45, 2.75) is 6.54 Å². The first-order valence-corrected chi connectivity index (χ1v) is 8.13. The summed E-state index contributed by atoms with van der Waals surface area (Å²) in [5.41, 5.74) is 6.86. The molecule has 28 heavy (non-hydrogen) atoms. The van der Waals surface area contributed by atoms with Gasteiger partial charge in [-0.1, -0.05) is 6.07 Å². The first kappa shape index (κ1) is 17.3. The van der Waals surface area contributed by atoms with E-state index in [0.717, 1.165) is 10.6 Å². The summed E-state index contributed by atoms with van der Waals surface area (Å²) in [6.07, 6.45) is 1.26. The highest BCUT2D eigenvalue weighted by atomic mass is 16.5. The number of carbonyl (C=O) groups excluding carboxylic acids is 2. The van der Waals surface area contributed by atoms with E-state index in [9.17, 15) is 19.5 Å². The lowest BCUT2D eigenvalue weighted by atomic mass is 10.1. The van der Waals surface area contributed by atoms with Crippen molar-refractivity contribution in [1.82, 2.24) is 19.9 Å². The van der Waals surface area contributed by atoms with Crippen LogP contribution in [0.4, 0.5) is 11.4 Å². The molecule has 0 spiro atoms. The number of nitrogen functional groups attached to an aromatic ring is 1. The average molecular weight is 382 g/mol. The van der Waals surface area contributed by atoms with Gasteiger partial charge in [0.1, 0.15) is 11.4 Å². The molecule has 3 aromatic rings. The molecule has 0 saturated heterocycles. The van der Waals surface area contributed by atoms with E-state index in [0.29, 0.717) is 17.0 Å². The van der Waals surface area contributed by atoms with Crippen LogP contribution >= 0.6 is 0 Å². The molecule has 1 aliphatic rings. The molecule has 1 aliphatic heterocycles. The molecule has 0 atom stereocenters. The van der Waals surface area contributed by atoms with Crippen LogP contribution in [0.2, 0.25) is 0 Å². The average Bonchev–Trinajstić information content (AvgIpc) is 3.05. The molecular weight excluding hydrogens is 368 g/mol. The Morgan fingerprint density at radius 3 is 2.96 bits per heavy atom. The Hall–Kier alpha value is -4.15. The molecule has 0 aliphatic carbocycles. The van der Waals surface area contributed by atoms with Gasteiger partial charge in [-0.15, -0.1) is 0 Å². The summed E-state index contributed by atoms with van der Waals surface area (Å²) in [5.74, 6) is -1.56. The fourth-order valence-electron chi connectivity index (χ4n) is 2.76. The van der Waals surface area contributed by atoms with Crippen LogP contribution in [0.1, 0.15) is 26.5 Å². The number of hydrogen-bond donors (Lipinski definition) is 4. The van der Waals surface area contributed by atoms with Crippen molar-refractivity contribution in [2.75, 3.05) is 17.7 Å². The van der Waals surface area contributed by atoms with Crippen LogP contribution in [0, 0.1) is 0 Å². The van der Waals surface area contributed by atoms with E-state index >= 15 is 0 Å². The second-order valence-corrected chi connectivity index (χ2v) is 6.02. The third kappa shape index (κ3) is 3.05. The van der Waals surface area contributed by atoms with Crippen LogP contribution in [-0.2, 0) is 11.3 Å². The largest absolute Gasteiger partial charge is 0.482 e. The normalized spacial score (nSPS) is 12.8. The minimum atomic E-state index is -1.27. The number of amides is 2. The van der Waals surface area contributed by atoms with Crippen LogP contribution in [0.25, 0.3) is 5.65 Å². The Bertz CT molecular complexity index is 1140. The van der Waals surface area contributed by atoms with Gasteiger partial charge in [0, 0.05) is 12.6 Å². The zero-order chi connectivity index (χ0) is 19.8. The van der Waals surface area contributed by atoms with E-state index in [1.807, 2.05) is 0 Å². The van der Waals surface area contributed by atoms with Crippen LogP contribution in [0.15, 0.2) is 30.5 Å². The summed E-state index contributed by atoms with van der Waals surface area (Å²) in [7, 11) is 0. The number of aromatic nitrogens is 3. The number of ether oxygens (including phenoxy) is 1. The molecule has 142 valence electrons. The van der Waals surface area contributed by atoms with Gasteiger partial charge in [0.2, 0.25) is 0 Å². The van der Waals surface area contributed by atoms with Crippen molar-refractivity contribution < 1.29 is 24.2 Å². The zero-order valence-electron chi connectivity index (χ0n) is 14.3. The number of rotatable bonds is 4. The van der Waals surface area contributed by atoms with Gasteiger partial charge in [-0.3, -0.25) is 9.59 Å². The van der Waals surface area contributed by atoms with Gasteiger partial charge in [-0.2, -0.15) is 5.10 Å². The molecule has 0 bridgehead atoms. The summed E-state index contributed by atoms with van der Waals surface area (Å²) in [6, 6.07) is 6.24. The van der Waals surface area contributed by atoms with Crippen molar-refractivity contribution in [1.29, 1.82) is 0 Å². The molecule has 11 heteroatoms. The van der Waals surface area contributed by atoms with Crippen molar-refractivity contribution in [3.05, 3.63) is 47.4 Å². The van der Waals surface area contributed by atoms with E-state index in [2.05, 4.69) is 20.7 Å². The Labute approximate surface area is 157 Å². The third-order valence-corrected chi connectivity index (χ3v) is 4.08. The quantitative estimate of drug-likeness (QED) is 0.500. The molecular formula is C17H14N6O5. The Morgan fingerprint density at radius 1 is 1.36 bits per heavy atom. The zero-order valence-corrected chi connectivity index (χ0v) is 14.3. The summed E-state index contributed by atoms with van der Waals surface area (Å²) in [4.78, 5) is 39.4. The Balaban J connectivity index is 1.56. The molecule has 4 rings (SSSR count). The monoisotopic (exact) mass is 382 g/mol. The number of aromatic carboxylic acids is 1. The summed E-state index contributed by atoms with van der Waals surface area (Å²) in [6.45, 7) is 0.0901. The molecule has 0 unspecified atom stereocenters. The number of anilines is 2. The van der Waals surface area contributed by atoms with Gasteiger partial charge in [-0.25, -0.2) is 14.3 Å². The van der Waals surface area contributed by atoms with Gasteiger partial charge < -0.3 is 26.2 Å². The highest BCUT2D eigenvalue weighted by Gasteiger charge is 2.19. The topological polar surface area (TPSA) is 161 Å². The van der Waals surface area contributed by atoms with Gasteiger partial charge >= 0.3 is 5.97 Å². The Kier molecular flexibility index (Phi) is 4.03. The summed E-state index contributed by atoms with van der Waals surface area (Å²) >= 11 is 0. The third-order valence-electron chi connectivity index (χ3n) is 4.08. The molecule has 1 aromatic carbocycles. The lowest BCUT2D eigenvalue weighted by Gasteiger charge is -2.18. The van der Waals surface area contributed by atoms with Gasteiger partial charge in [0.05, 0.1) is 17.6 Å². The number of benzene rings is 1. The molecule has 0 fully saturated rings. The molecule has 2 aromatic heterocycles. The first-order chi connectivity index (χ1) is 13.4. The highest BCUT2D eigenvalue weighted by molar-refractivity contribution is 5.97. The van der Waals surface area contributed by atoms with Crippen LogP contribution in [0.5, 0.6) is 5.75 Å². The lowest BCUT2D eigenvalue weighted by Crippen LogP contribution is -2.27. The molecule has 0 saturated carbocycles. The number of nitrogens with two attached hydrogens (primary N) is 1. The van der Waals surface area contributed by atoms with Crippen LogP contribution in [0.3, 0.4) is 0 Å². The fourth-order valence-corrected chi connectivity index (χ4v) is 2.76. The van der Waals surface area contributed by atoms with E-state index in [-0.39, 0.29) is 41.8 Å². The second-order valence-electron chi connectivity index (χ2n) is 6.02. The molecule has 2 amide bonds. The lowest BCUT2D eigenvalue weighted by molar-refractivity contribution is -0.118. The Morgan fingerprint density at radius 2 is 2.18 bits per heavy atom. The molecule has 11 nitrogen and oxygen atoms in total. The van der Waals surface area contributed by atoms with E-state index < -0.39 is 11.9 Å². The van der Waals surface area contributed by atoms with E-state index in [1.54, 1.807) is 18.2 Å². The summed E-state index contributed by atoms with van der Waals surface area (Å²) < 4.78 is 6.34. The van der Waals surface area contributed by atoms with Crippen molar-refractivity contribution in [2.24, 2.45) is 0 Å². The minimum Gasteiger partial charge on any atom is -0.482 e. The first-order valence-electron chi connectivity index (χ1n) is 8.13. The van der Waals surface area contributed by atoms with E-state index in [1.165, 1.54) is 6.20 Å². The van der Waals surface area contributed by atoms with Crippen molar-refractivity contribution in [3.8, 4) is 5.75 Å². The van der Waals surface area contributed by atoms with Crippen LogP contribution < -0.4 is 21.1 Å². The number of nitrogens with zero attached hydrogens (tertiary/aromatic N) is 3. The minimum absolute atomic E-state index is 0.0408. The number of fused-ring (bicyclic) bond motifs is 2. The second kappa shape index (κ2) is 6.54. The summed E-state index contributed by atoms with van der Waals surface area (Å²) in [5, 5.41) is 18.5. The molecule has 3 heterocycles. The van der Waals surface area contributed by atoms with Crippen LogP contribution in [-0.4, -0.2) is 44.1 Å². The number of carboxylic acids is 1. The number of carboxylic acid groups (broad SMARTS) is 1. The molecule has 5 N–H and O–H groups in total. The number of nitrogens with one attached hydrogen (secondary N) is 2. The SMILES string of the molecule is Nc1cnn2c(C(=O)O)cc(C(=O)NCc3ccc4c(c3)NC(=O)CO4)nc12. The van der Waals surface area contributed by atoms with Gasteiger partial charge in [0.25, 0.3) is 11.8 Å². The standard InChI is InChI=1S/C17H14N6O5/c18-9-6-20-23-12(17(26)27)4-11(22-15(9)23)16(25)19-5-8-1-2-13-10(3-8)21-14(24)7-28-13/h1-4,6H,5,7,18H2,(H,19,25)(H,21,24)(H,26,27). The predicted molar refractivity (Wildman–Crippen MR) is 96.1 cm³/mol. The maximum atomic E-state index is 12.5. The van der Waals surface area contributed by atoms with Crippen molar-refractivity contribution in [3.63, 3.8) is 0 Å². The highest BCUT2D eigenvalue weighted by Crippen LogP contribution is 2.28. The smallest absolute Gasteiger partial charge is 0.354 e. The van der Waals surface area contributed by atoms with Gasteiger partial charge in [0.15, 0.2) is 17.9 Å². The predicted octanol–water partition coefficient (Wildman–Crippen LogP) is 0.271. The number of hydrogen-bond acceptors (Lipinski definition) is 7. The number of carbonyl (C=O) groups is 3. The van der Waals surface area contributed by atoms with Gasteiger partial charge in [-0.05, 0) is 17.7 Å². The molecule has 0 radical (unpaired) electrons. The maximum Gasteiger partial charge on any atom is 0.354 e. The van der Waals surface area contributed by atoms with Crippen molar-refractivity contribution >= 4 is 34.8 Å². The van der Waals surface area contributed by atoms with E-state index in [4.69, 9.17) is 10.5 Å². The maximum absolute atomic E-state index is 12.5. The fraction of sp³-hybridized carbons (Fsp3) is 0.118.